The molecule has 0 bridgehead atoms. The number of carboxylic acids is 1. The first-order valence-corrected chi connectivity index (χ1v) is 8.33. The van der Waals surface area contributed by atoms with E-state index in [2.05, 4.69) is 0 Å². The molecule has 0 aromatic heterocycles. The largest absolute Gasteiger partial charge is 0.496 e. The van der Waals surface area contributed by atoms with Crippen LogP contribution in [0.5, 0.6) is 5.75 Å². The number of amides is 1. The molecule has 1 unspecified atom stereocenters. The zero-order valence-electron chi connectivity index (χ0n) is 14.1. The van der Waals surface area contributed by atoms with Crippen LogP contribution in [0, 0.1) is 5.92 Å². The Morgan fingerprint density at radius 3 is 2.76 bits per heavy atom. The smallest absolute Gasteiger partial charge is 0.335 e. The number of benzene rings is 2. The average Bonchev–Trinajstić information content (AvgIpc) is 3.09. The standard InChI is InChI=1S/C20H21NO4/c1-25-18-8-3-2-7-17(18)19(22)21-10-9-15(13-21)11-14-5-4-6-16(12-14)20(23)24/h2-8,12,15H,9-11,13H2,1H3,(H,23,24). The predicted molar refractivity (Wildman–Crippen MR) is 94.1 cm³/mol. The van der Waals surface area contributed by atoms with E-state index in [9.17, 15) is 9.59 Å². The Morgan fingerprint density at radius 2 is 2.00 bits per heavy atom. The van der Waals surface area contributed by atoms with Gasteiger partial charge < -0.3 is 14.7 Å². The Hall–Kier alpha value is -2.82. The number of hydrogen-bond acceptors (Lipinski definition) is 3. The van der Waals surface area contributed by atoms with Crippen LogP contribution >= 0.6 is 0 Å². The fourth-order valence-electron chi connectivity index (χ4n) is 3.34. The van der Waals surface area contributed by atoms with Gasteiger partial charge in [0.15, 0.2) is 0 Å². The Labute approximate surface area is 146 Å². The van der Waals surface area contributed by atoms with Gasteiger partial charge in [-0.15, -0.1) is 0 Å². The van der Waals surface area contributed by atoms with Crippen molar-refractivity contribution in [1.82, 2.24) is 4.90 Å². The number of para-hydroxylation sites is 1. The van der Waals surface area contributed by atoms with Crippen LogP contribution in [-0.4, -0.2) is 42.1 Å². The van der Waals surface area contributed by atoms with Gasteiger partial charge in [0.25, 0.3) is 5.91 Å². The van der Waals surface area contributed by atoms with Crippen molar-refractivity contribution in [3.63, 3.8) is 0 Å². The first-order valence-electron chi connectivity index (χ1n) is 8.33. The SMILES string of the molecule is COc1ccccc1C(=O)N1CCC(Cc2cccc(C(=O)O)c2)C1. The third-order valence-corrected chi connectivity index (χ3v) is 4.61. The highest BCUT2D eigenvalue weighted by molar-refractivity contribution is 5.97. The first kappa shape index (κ1) is 17.0. The lowest BCUT2D eigenvalue weighted by atomic mass is 9.97. The van der Waals surface area contributed by atoms with Crippen molar-refractivity contribution in [3.05, 3.63) is 65.2 Å². The van der Waals surface area contributed by atoms with Crippen molar-refractivity contribution in [2.75, 3.05) is 20.2 Å². The highest BCUT2D eigenvalue weighted by Crippen LogP contribution is 2.26. The van der Waals surface area contributed by atoms with Crippen molar-refractivity contribution in [2.45, 2.75) is 12.8 Å². The number of rotatable bonds is 5. The molecule has 25 heavy (non-hydrogen) atoms. The van der Waals surface area contributed by atoms with E-state index in [0.29, 0.717) is 35.9 Å². The summed E-state index contributed by atoms with van der Waals surface area (Å²) in [5, 5.41) is 9.10. The Morgan fingerprint density at radius 1 is 1.20 bits per heavy atom. The van der Waals surface area contributed by atoms with Crippen molar-refractivity contribution in [1.29, 1.82) is 0 Å². The molecule has 0 saturated carbocycles. The molecule has 0 radical (unpaired) electrons. The summed E-state index contributed by atoms with van der Waals surface area (Å²) in [6, 6.07) is 14.3. The van der Waals surface area contributed by atoms with E-state index in [-0.39, 0.29) is 5.91 Å². The lowest BCUT2D eigenvalue weighted by Crippen LogP contribution is -2.29. The van der Waals surface area contributed by atoms with Crippen LogP contribution in [0.4, 0.5) is 0 Å². The number of likely N-dealkylation sites (tertiary alicyclic amines) is 1. The van der Waals surface area contributed by atoms with Crippen LogP contribution in [0.2, 0.25) is 0 Å². The number of ether oxygens (including phenoxy) is 1. The Balaban J connectivity index is 1.66. The van der Waals surface area contributed by atoms with Crippen LogP contribution in [0.3, 0.4) is 0 Å². The molecule has 0 spiro atoms. The van der Waals surface area contributed by atoms with Gasteiger partial charge in [0, 0.05) is 13.1 Å². The van der Waals surface area contributed by atoms with Crippen LogP contribution in [0.15, 0.2) is 48.5 Å². The van der Waals surface area contributed by atoms with E-state index >= 15 is 0 Å². The number of carboxylic acid groups (broad SMARTS) is 1. The highest BCUT2D eigenvalue weighted by Gasteiger charge is 2.28. The molecule has 130 valence electrons. The highest BCUT2D eigenvalue weighted by atomic mass is 16.5. The molecule has 2 aromatic carbocycles. The van der Waals surface area contributed by atoms with E-state index in [1.165, 1.54) is 0 Å². The minimum atomic E-state index is -0.916. The van der Waals surface area contributed by atoms with E-state index in [0.717, 1.165) is 18.4 Å². The zero-order valence-corrected chi connectivity index (χ0v) is 14.1. The maximum Gasteiger partial charge on any atom is 0.335 e. The zero-order chi connectivity index (χ0) is 17.8. The molecule has 0 aliphatic carbocycles. The van der Waals surface area contributed by atoms with Gasteiger partial charge >= 0.3 is 5.97 Å². The topological polar surface area (TPSA) is 66.8 Å². The molecule has 1 atom stereocenters. The molecular formula is C20H21NO4. The second kappa shape index (κ2) is 7.38. The number of hydrogen-bond donors (Lipinski definition) is 1. The summed E-state index contributed by atoms with van der Waals surface area (Å²) in [5.74, 6) is -0.00621. The van der Waals surface area contributed by atoms with Crippen molar-refractivity contribution in [2.24, 2.45) is 5.92 Å². The summed E-state index contributed by atoms with van der Waals surface area (Å²) in [7, 11) is 1.56. The lowest BCUT2D eigenvalue weighted by molar-refractivity contribution is 0.0696. The summed E-state index contributed by atoms with van der Waals surface area (Å²) in [6.07, 6.45) is 1.69. The summed E-state index contributed by atoms with van der Waals surface area (Å²) in [6.45, 7) is 1.38. The molecular weight excluding hydrogens is 318 g/mol. The van der Waals surface area contributed by atoms with Gasteiger partial charge in [-0.3, -0.25) is 4.79 Å². The molecule has 1 N–H and O–H groups in total. The number of carbonyl (C=O) groups is 2. The predicted octanol–water partition coefficient (Wildman–Crippen LogP) is 3.10. The summed E-state index contributed by atoms with van der Waals surface area (Å²) in [5.41, 5.74) is 1.88. The average molecular weight is 339 g/mol. The molecule has 1 fully saturated rings. The van der Waals surface area contributed by atoms with Gasteiger partial charge in [0.1, 0.15) is 5.75 Å². The van der Waals surface area contributed by atoms with Gasteiger partial charge in [-0.05, 0) is 48.6 Å². The van der Waals surface area contributed by atoms with Crippen molar-refractivity contribution in [3.8, 4) is 5.75 Å². The first-order chi connectivity index (χ1) is 12.1. The van der Waals surface area contributed by atoms with Crippen molar-refractivity contribution < 1.29 is 19.4 Å². The van der Waals surface area contributed by atoms with Crippen LogP contribution in [0.1, 0.15) is 32.7 Å². The normalized spacial score (nSPS) is 16.7. The van der Waals surface area contributed by atoms with Crippen LogP contribution in [-0.2, 0) is 6.42 Å². The third kappa shape index (κ3) is 3.82. The second-order valence-electron chi connectivity index (χ2n) is 6.32. The van der Waals surface area contributed by atoms with Crippen LogP contribution < -0.4 is 4.74 Å². The molecule has 5 nitrogen and oxygen atoms in total. The third-order valence-electron chi connectivity index (χ3n) is 4.61. The number of methoxy groups -OCH3 is 1. The quantitative estimate of drug-likeness (QED) is 0.909. The van der Waals surface area contributed by atoms with Gasteiger partial charge in [0.2, 0.25) is 0 Å². The molecule has 1 heterocycles. The van der Waals surface area contributed by atoms with E-state index < -0.39 is 5.97 Å². The van der Waals surface area contributed by atoms with E-state index in [4.69, 9.17) is 9.84 Å². The van der Waals surface area contributed by atoms with Crippen molar-refractivity contribution >= 4 is 11.9 Å². The minimum Gasteiger partial charge on any atom is -0.496 e. The fourth-order valence-corrected chi connectivity index (χ4v) is 3.34. The molecule has 1 saturated heterocycles. The Bertz CT molecular complexity index is 787. The van der Waals surface area contributed by atoms with Crippen LogP contribution in [0.25, 0.3) is 0 Å². The lowest BCUT2D eigenvalue weighted by Gasteiger charge is -2.18. The number of nitrogens with zero attached hydrogens (tertiary/aromatic N) is 1. The van der Waals surface area contributed by atoms with E-state index in [1.54, 1.807) is 37.4 Å². The number of carbonyl (C=O) groups excluding carboxylic acids is 1. The van der Waals surface area contributed by atoms with Gasteiger partial charge in [-0.2, -0.15) is 0 Å². The summed E-state index contributed by atoms with van der Waals surface area (Å²) in [4.78, 5) is 25.7. The molecule has 2 aromatic rings. The van der Waals surface area contributed by atoms with Gasteiger partial charge in [-0.1, -0.05) is 24.3 Å². The molecule has 1 aliphatic heterocycles. The van der Waals surface area contributed by atoms with Gasteiger partial charge in [-0.25, -0.2) is 4.79 Å². The number of aromatic carboxylic acids is 1. The maximum absolute atomic E-state index is 12.7. The summed E-state index contributed by atoms with van der Waals surface area (Å²) < 4.78 is 5.28. The molecule has 1 amide bonds. The molecule has 5 heteroatoms. The molecule has 1 aliphatic rings. The molecule has 3 rings (SSSR count). The monoisotopic (exact) mass is 339 g/mol. The fraction of sp³-hybridized carbons (Fsp3) is 0.300. The second-order valence-corrected chi connectivity index (χ2v) is 6.32. The van der Waals surface area contributed by atoms with Gasteiger partial charge in [0.05, 0.1) is 18.2 Å². The van der Waals surface area contributed by atoms with E-state index in [1.807, 2.05) is 23.1 Å². The minimum absolute atomic E-state index is 0.0146. The maximum atomic E-state index is 12.7. The summed E-state index contributed by atoms with van der Waals surface area (Å²) >= 11 is 0. The Kier molecular flexibility index (Phi) is 5.03.